The van der Waals surface area contributed by atoms with Crippen molar-refractivity contribution in [2.45, 2.75) is 25.3 Å². The number of esters is 1. The van der Waals surface area contributed by atoms with E-state index < -0.39 is 5.54 Å². The van der Waals surface area contributed by atoms with Crippen LogP contribution in [0.25, 0.3) is 10.9 Å². The number of fused-ring (bicyclic) bond motifs is 1. The molecule has 1 aliphatic rings. The lowest BCUT2D eigenvalue weighted by atomic mass is 9.75. The Hall–Kier alpha value is -3.37. The number of carbonyl (C=O) groups is 1. The normalized spacial score (nSPS) is 19.3. The fraction of sp³-hybridized carbons (Fsp3) is 0.154. The summed E-state index contributed by atoms with van der Waals surface area (Å²) in [5.41, 5.74) is 3.67. The molecule has 0 radical (unpaired) electrons. The summed E-state index contributed by atoms with van der Waals surface area (Å²) in [6.45, 7) is 3.88. The molecule has 0 bridgehead atoms. The first kappa shape index (κ1) is 19.6. The van der Waals surface area contributed by atoms with Crippen LogP contribution < -0.4 is 0 Å². The van der Waals surface area contributed by atoms with Crippen molar-refractivity contribution in [3.63, 3.8) is 0 Å². The van der Waals surface area contributed by atoms with Crippen LogP contribution in [0.4, 0.5) is 0 Å². The van der Waals surface area contributed by atoms with E-state index in [0.717, 1.165) is 33.3 Å². The van der Waals surface area contributed by atoms with Crippen LogP contribution in [0.2, 0.25) is 5.02 Å². The highest BCUT2D eigenvalue weighted by Crippen LogP contribution is 2.45. The van der Waals surface area contributed by atoms with Gasteiger partial charge in [-0.25, -0.2) is 9.79 Å². The van der Waals surface area contributed by atoms with Crippen LogP contribution in [0, 0.1) is 6.92 Å². The predicted molar refractivity (Wildman–Crippen MR) is 124 cm³/mol. The molecule has 0 unspecified atom stereocenters. The van der Waals surface area contributed by atoms with E-state index in [1.807, 2.05) is 86.6 Å². The molecule has 0 fully saturated rings. The van der Waals surface area contributed by atoms with Crippen LogP contribution in [0.5, 0.6) is 0 Å². The number of nitrogens with zero attached hydrogens (tertiary/aromatic N) is 1. The number of nitrogens with one attached hydrogen (secondary N) is 1. The van der Waals surface area contributed by atoms with Gasteiger partial charge in [0.15, 0.2) is 5.54 Å². The molecule has 1 aliphatic heterocycles. The average molecular weight is 429 g/mol. The van der Waals surface area contributed by atoms with E-state index in [1.54, 1.807) is 0 Å². The maximum Gasteiger partial charge on any atom is 0.341 e. The van der Waals surface area contributed by atoms with Crippen LogP contribution in [0.1, 0.15) is 35.2 Å². The Morgan fingerprint density at radius 3 is 2.39 bits per heavy atom. The molecule has 5 heteroatoms. The fourth-order valence-electron chi connectivity index (χ4n) is 4.45. The lowest BCUT2D eigenvalue weighted by molar-refractivity contribution is -0.138. The van der Waals surface area contributed by atoms with Gasteiger partial charge in [-0.3, -0.25) is 0 Å². The van der Waals surface area contributed by atoms with Gasteiger partial charge in [-0.05, 0) is 55.3 Å². The second-order valence-corrected chi connectivity index (χ2v) is 8.45. The zero-order valence-corrected chi connectivity index (χ0v) is 18.0. The zero-order chi connectivity index (χ0) is 21.6. The van der Waals surface area contributed by atoms with Crippen molar-refractivity contribution in [2.24, 2.45) is 4.99 Å². The molecule has 0 spiro atoms. The molecule has 4 nitrogen and oxygen atoms in total. The SMILES string of the molecule is Cc1[nH]c2ccccc2c1[C@@H](c1ccc(Cl)cc1)[C@]1(C)N=C(c2ccccc2)OC1=O. The number of aromatic nitrogens is 1. The third-order valence-electron chi connectivity index (χ3n) is 5.95. The van der Waals surface area contributed by atoms with E-state index >= 15 is 0 Å². The fourth-order valence-corrected chi connectivity index (χ4v) is 4.58. The van der Waals surface area contributed by atoms with Crippen molar-refractivity contribution in [1.82, 2.24) is 4.98 Å². The van der Waals surface area contributed by atoms with Crippen molar-refractivity contribution in [3.8, 4) is 0 Å². The average Bonchev–Trinajstić information content (AvgIpc) is 3.27. The van der Waals surface area contributed by atoms with Crippen molar-refractivity contribution < 1.29 is 9.53 Å². The number of ether oxygens (including phenoxy) is 1. The summed E-state index contributed by atoms with van der Waals surface area (Å²) in [5.74, 6) is -0.366. The Balaban J connectivity index is 1.75. The first-order valence-corrected chi connectivity index (χ1v) is 10.6. The Morgan fingerprint density at radius 2 is 1.65 bits per heavy atom. The zero-order valence-electron chi connectivity index (χ0n) is 17.2. The highest BCUT2D eigenvalue weighted by molar-refractivity contribution is 6.30. The van der Waals surface area contributed by atoms with Crippen molar-refractivity contribution in [2.75, 3.05) is 0 Å². The van der Waals surface area contributed by atoms with Gasteiger partial charge in [0.2, 0.25) is 5.90 Å². The van der Waals surface area contributed by atoms with E-state index in [9.17, 15) is 4.79 Å². The van der Waals surface area contributed by atoms with Gasteiger partial charge in [0.1, 0.15) is 0 Å². The van der Waals surface area contributed by atoms with Crippen LogP contribution in [0.15, 0.2) is 83.9 Å². The van der Waals surface area contributed by atoms with Gasteiger partial charge in [0, 0.05) is 33.1 Å². The van der Waals surface area contributed by atoms with Crippen LogP contribution in [-0.2, 0) is 9.53 Å². The van der Waals surface area contributed by atoms with Gasteiger partial charge in [-0.2, -0.15) is 0 Å². The molecule has 3 aromatic carbocycles. The molecule has 1 aromatic heterocycles. The monoisotopic (exact) mass is 428 g/mol. The summed E-state index contributed by atoms with van der Waals surface area (Å²) >= 11 is 6.17. The van der Waals surface area contributed by atoms with Crippen LogP contribution in [-0.4, -0.2) is 22.4 Å². The van der Waals surface area contributed by atoms with E-state index in [-0.39, 0.29) is 11.9 Å². The molecule has 2 atom stereocenters. The van der Waals surface area contributed by atoms with E-state index in [4.69, 9.17) is 21.3 Å². The summed E-state index contributed by atoms with van der Waals surface area (Å²) in [6.07, 6.45) is 0. The summed E-state index contributed by atoms with van der Waals surface area (Å²) in [7, 11) is 0. The Kier molecular flexibility index (Phi) is 4.67. The highest BCUT2D eigenvalue weighted by Gasteiger charge is 2.50. The molecule has 1 N–H and O–H groups in total. The first-order valence-electron chi connectivity index (χ1n) is 10.2. The molecule has 5 rings (SSSR count). The Bertz CT molecular complexity index is 1310. The molecule has 0 saturated carbocycles. The third kappa shape index (κ3) is 3.24. The maximum atomic E-state index is 13.3. The Labute approximate surface area is 185 Å². The smallest absolute Gasteiger partial charge is 0.341 e. The molecule has 0 saturated heterocycles. The summed E-state index contributed by atoms with van der Waals surface area (Å²) in [6, 6.07) is 25.3. The summed E-state index contributed by atoms with van der Waals surface area (Å²) in [4.78, 5) is 21.7. The molecule has 2 heterocycles. The van der Waals surface area contributed by atoms with Gasteiger partial charge in [0.25, 0.3) is 0 Å². The third-order valence-corrected chi connectivity index (χ3v) is 6.21. The number of aryl methyl sites for hydroxylation is 1. The largest absolute Gasteiger partial charge is 0.405 e. The van der Waals surface area contributed by atoms with Crippen molar-refractivity contribution in [1.29, 1.82) is 0 Å². The number of rotatable bonds is 4. The molecule has 4 aromatic rings. The molecular formula is C26H21ClN2O2. The van der Waals surface area contributed by atoms with E-state index in [2.05, 4.69) is 11.1 Å². The van der Waals surface area contributed by atoms with Crippen molar-refractivity contribution >= 4 is 34.4 Å². The van der Waals surface area contributed by atoms with E-state index in [1.165, 1.54) is 0 Å². The number of carbonyl (C=O) groups excluding carboxylic acids is 1. The minimum atomic E-state index is -1.13. The predicted octanol–water partition coefficient (Wildman–Crippen LogP) is 6.02. The number of H-pyrrole nitrogens is 1. The number of aromatic amines is 1. The second-order valence-electron chi connectivity index (χ2n) is 8.01. The van der Waals surface area contributed by atoms with E-state index in [0.29, 0.717) is 10.9 Å². The number of hydrogen-bond acceptors (Lipinski definition) is 3. The number of halogens is 1. The van der Waals surface area contributed by atoms with Gasteiger partial charge in [-0.1, -0.05) is 60.1 Å². The lowest BCUT2D eigenvalue weighted by Crippen LogP contribution is -2.38. The van der Waals surface area contributed by atoms with Gasteiger partial charge in [-0.15, -0.1) is 0 Å². The first-order chi connectivity index (χ1) is 15.0. The number of aliphatic imine (C=N–C) groups is 1. The molecule has 0 aliphatic carbocycles. The summed E-state index contributed by atoms with van der Waals surface area (Å²) in [5, 5.41) is 1.71. The van der Waals surface area contributed by atoms with Gasteiger partial charge < -0.3 is 9.72 Å². The maximum absolute atomic E-state index is 13.3. The minimum Gasteiger partial charge on any atom is -0.405 e. The number of para-hydroxylation sites is 1. The van der Waals surface area contributed by atoms with Crippen LogP contribution in [0.3, 0.4) is 0 Å². The van der Waals surface area contributed by atoms with Crippen molar-refractivity contribution in [3.05, 3.63) is 106 Å². The second kappa shape index (κ2) is 7.40. The molecular weight excluding hydrogens is 408 g/mol. The molecule has 0 amide bonds. The van der Waals surface area contributed by atoms with Crippen LogP contribution >= 0.6 is 11.6 Å². The molecule has 31 heavy (non-hydrogen) atoms. The Morgan fingerprint density at radius 1 is 0.968 bits per heavy atom. The number of benzene rings is 3. The topological polar surface area (TPSA) is 54.4 Å². The molecule has 154 valence electrons. The lowest BCUT2D eigenvalue weighted by Gasteiger charge is -2.29. The minimum absolute atomic E-state index is 0.351. The highest BCUT2D eigenvalue weighted by atomic mass is 35.5. The number of cyclic esters (lactones) is 1. The van der Waals surface area contributed by atoms with Gasteiger partial charge >= 0.3 is 5.97 Å². The quantitative estimate of drug-likeness (QED) is 0.404. The summed E-state index contributed by atoms with van der Waals surface area (Å²) < 4.78 is 5.71. The standard InChI is InChI=1S/C26H21ClN2O2/c1-16-22(20-10-6-7-11-21(20)28-16)23(17-12-14-19(27)15-13-17)26(2)25(30)31-24(29-26)18-8-4-3-5-9-18/h3-15,23,28H,1-2H3/t23-,26+/m1/s1. The van der Waals surface area contributed by atoms with Gasteiger partial charge in [0.05, 0.1) is 0 Å². The number of hydrogen-bond donors (Lipinski definition) is 1.